The molecule has 1 aliphatic carbocycles. The highest BCUT2D eigenvalue weighted by molar-refractivity contribution is 8.13. The van der Waals surface area contributed by atoms with Crippen LogP contribution >= 0.6 is 11.8 Å². The quantitative estimate of drug-likeness (QED) is 0.743. The zero-order chi connectivity index (χ0) is 18.7. The van der Waals surface area contributed by atoms with Gasteiger partial charge in [-0.15, -0.1) is 0 Å². The smallest absolute Gasteiger partial charge is 0.199 e. The largest absolute Gasteiger partial charge is 0.497 e. The molecule has 2 aromatic carbocycles. The number of benzene rings is 2. The van der Waals surface area contributed by atoms with Crippen LogP contribution in [-0.4, -0.2) is 31.4 Å². The summed E-state index contributed by atoms with van der Waals surface area (Å²) in [4.78, 5) is 25.2. The average Bonchev–Trinajstić information content (AvgIpc) is 3.04. The highest BCUT2D eigenvalue weighted by Gasteiger charge is 2.47. The highest BCUT2D eigenvalue weighted by atomic mass is 32.2. The SMILES string of the molecule is COc1ccc([C@H]2[C@H](C(=O)SC)C(=O)C[C@@H]2c2ccc(OC)cc2)cc1. The molecule has 0 aliphatic heterocycles. The van der Waals surface area contributed by atoms with Crippen molar-refractivity contribution in [3.8, 4) is 11.5 Å². The fourth-order valence-corrected chi connectivity index (χ4v) is 4.27. The lowest BCUT2D eigenvalue weighted by Crippen LogP contribution is -2.22. The lowest BCUT2D eigenvalue weighted by atomic mass is 9.80. The van der Waals surface area contributed by atoms with E-state index in [4.69, 9.17) is 9.47 Å². The second-order valence-corrected chi connectivity index (χ2v) is 7.16. The molecule has 1 saturated carbocycles. The number of thioether (sulfide) groups is 1. The predicted molar refractivity (Wildman–Crippen MR) is 103 cm³/mol. The Morgan fingerprint density at radius 2 is 1.42 bits per heavy atom. The van der Waals surface area contributed by atoms with Gasteiger partial charge in [-0.3, -0.25) is 9.59 Å². The van der Waals surface area contributed by atoms with Crippen LogP contribution in [0.3, 0.4) is 0 Å². The Morgan fingerprint density at radius 3 is 1.88 bits per heavy atom. The van der Waals surface area contributed by atoms with Gasteiger partial charge in [0.1, 0.15) is 17.3 Å². The second-order valence-electron chi connectivity index (χ2n) is 6.35. The zero-order valence-electron chi connectivity index (χ0n) is 15.1. The molecule has 0 unspecified atom stereocenters. The monoisotopic (exact) mass is 370 g/mol. The van der Waals surface area contributed by atoms with E-state index >= 15 is 0 Å². The molecule has 3 rings (SSSR count). The van der Waals surface area contributed by atoms with Crippen LogP contribution in [0.5, 0.6) is 11.5 Å². The normalized spacial score (nSPS) is 22.3. The first-order chi connectivity index (χ1) is 12.6. The fraction of sp³-hybridized carbons (Fsp3) is 0.333. The number of ether oxygens (including phenoxy) is 2. The topological polar surface area (TPSA) is 52.6 Å². The Kier molecular flexibility index (Phi) is 5.67. The van der Waals surface area contributed by atoms with Crippen molar-refractivity contribution in [1.29, 1.82) is 0 Å². The Balaban J connectivity index is 2.02. The van der Waals surface area contributed by atoms with Crippen LogP contribution in [0.4, 0.5) is 0 Å². The highest BCUT2D eigenvalue weighted by Crippen LogP contribution is 2.49. The summed E-state index contributed by atoms with van der Waals surface area (Å²) in [5.41, 5.74) is 2.04. The molecule has 136 valence electrons. The molecule has 0 heterocycles. The standard InChI is InChI=1S/C21H22O4S/c1-24-15-8-4-13(5-9-15)17-12-18(22)20(21(23)26-3)19(17)14-6-10-16(25-2)11-7-14/h4-11,17,19-20H,12H2,1-3H3/t17-,19-,20-/m1/s1. The summed E-state index contributed by atoms with van der Waals surface area (Å²) in [5.74, 6) is 0.753. The van der Waals surface area contributed by atoms with Gasteiger partial charge in [0.05, 0.1) is 20.1 Å². The van der Waals surface area contributed by atoms with Crippen molar-refractivity contribution in [2.24, 2.45) is 5.92 Å². The molecule has 0 N–H and O–H groups in total. The second kappa shape index (κ2) is 7.96. The maximum absolute atomic E-state index is 12.7. The molecule has 0 radical (unpaired) electrons. The molecule has 0 saturated heterocycles. The molecule has 5 heteroatoms. The Labute approximate surface area is 157 Å². The minimum atomic E-state index is -0.606. The van der Waals surface area contributed by atoms with Gasteiger partial charge in [0.25, 0.3) is 0 Å². The van der Waals surface area contributed by atoms with Crippen LogP contribution in [0.15, 0.2) is 48.5 Å². The molecule has 4 nitrogen and oxygen atoms in total. The number of methoxy groups -OCH3 is 2. The van der Waals surface area contributed by atoms with E-state index in [9.17, 15) is 9.59 Å². The van der Waals surface area contributed by atoms with Gasteiger partial charge < -0.3 is 9.47 Å². The van der Waals surface area contributed by atoms with Crippen molar-refractivity contribution in [1.82, 2.24) is 0 Å². The molecule has 1 aliphatic rings. The zero-order valence-corrected chi connectivity index (χ0v) is 15.9. The molecule has 0 spiro atoms. The van der Waals surface area contributed by atoms with E-state index < -0.39 is 5.92 Å². The number of hydrogen-bond donors (Lipinski definition) is 0. The molecule has 26 heavy (non-hydrogen) atoms. The van der Waals surface area contributed by atoms with Crippen LogP contribution in [-0.2, 0) is 9.59 Å². The fourth-order valence-electron chi connectivity index (χ4n) is 3.74. The average molecular weight is 370 g/mol. The van der Waals surface area contributed by atoms with E-state index in [1.165, 1.54) is 0 Å². The van der Waals surface area contributed by atoms with Crippen molar-refractivity contribution < 1.29 is 19.1 Å². The Morgan fingerprint density at radius 1 is 0.923 bits per heavy atom. The number of carbonyl (C=O) groups excluding carboxylic acids is 2. The van der Waals surface area contributed by atoms with Gasteiger partial charge in [0, 0.05) is 12.3 Å². The van der Waals surface area contributed by atoms with Crippen molar-refractivity contribution in [3.63, 3.8) is 0 Å². The Bertz CT molecular complexity index is 783. The minimum Gasteiger partial charge on any atom is -0.497 e. The molecular formula is C21H22O4S. The van der Waals surface area contributed by atoms with Crippen LogP contribution in [0.1, 0.15) is 29.4 Å². The van der Waals surface area contributed by atoms with E-state index in [1.807, 2.05) is 48.5 Å². The van der Waals surface area contributed by atoms with Crippen LogP contribution < -0.4 is 9.47 Å². The number of Topliss-reactive ketones (excluding diaryl/α,β-unsaturated/α-hetero) is 1. The van der Waals surface area contributed by atoms with E-state index in [-0.39, 0.29) is 22.7 Å². The molecule has 0 aromatic heterocycles. The van der Waals surface area contributed by atoms with Gasteiger partial charge in [-0.2, -0.15) is 0 Å². The first-order valence-corrected chi connectivity index (χ1v) is 9.70. The summed E-state index contributed by atoms with van der Waals surface area (Å²) in [6.45, 7) is 0. The Hall–Kier alpha value is -2.27. The van der Waals surface area contributed by atoms with Crippen LogP contribution in [0.25, 0.3) is 0 Å². The summed E-state index contributed by atoms with van der Waals surface area (Å²) >= 11 is 1.13. The lowest BCUT2D eigenvalue weighted by molar-refractivity contribution is -0.126. The first kappa shape index (κ1) is 18.5. The van der Waals surface area contributed by atoms with Gasteiger partial charge in [0.2, 0.25) is 0 Å². The molecule has 2 aromatic rings. The minimum absolute atomic E-state index is 0.0194. The van der Waals surface area contributed by atoms with Gasteiger partial charge in [-0.25, -0.2) is 0 Å². The van der Waals surface area contributed by atoms with Crippen LogP contribution in [0, 0.1) is 5.92 Å². The number of hydrogen-bond acceptors (Lipinski definition) is 5. The summed E-state index contributed by atoms with van der Waals surface area (Å²) in [5, 5.41) is -0.0631. The van der Waals surface area contributed by atoms with Crippen molar-refractivity contribution in [2.45, 2.75) is 18.3 Å². The number of rotatable bonds is 5. The summed E-state index contributed by atoms with van der Waals surface area (Å²) in [7, 11) is 3.25. The molecule has 1 fully saturated rings. The molecule has 0 amide bonds. The predicted octanol–water partition coefficient (Wildman–Crippen LogP) is 4.05. The maximum Gasteiger partial charge on any atom is 0.199 e. The lowest BCUT2D eigenvalue weighted by Gasteiger charge is -2.24. The third-order valence-corrected chi connectivity index (χ3v) is 5.72. The summed E-state index contributed by atoms with van der Waals surface area (Å²) in [6, 6.07) is 15.4. The van der Waals surface area contributed by atoms with Gasteiger partial charge in [0.15, 0.2) is 5.12 Å². The number of ketones is 1. The van der Waals surface area contributed by atoms with E-state index in [0.717, 1.165) is 34.4 Å². The molecule has 3 atom stereocenters. The van der Waals surface area contributed by atoms with E-state index in [2.05, 4.69) is 0 Å². The summed E-state index contributed by atoms with van der Waals surface area (Å²) < 4.78 is 10.5. The van der Waals surface area contributed by atoms with Crippen LogP contribution in [0.2, 0.25) is 0 Å². The third kappa shape index (κ3) is 3.49. The number of carbonyl (C=O) groups is 2. The van der Waals surface area contributed by atoms with Crippen molar-refractivity contribution in [2.75, 3.05) is 20.5 Å². The summed E-state index contributed by atoms with van der Waals surface area (Å²) in [6.07, 6.45) is 2.11. The third-order valence-electron chi connectivity index (χ3n) is 5.06. The van der Waals surface area contributed by atoms with Crippen molar-refractivity contribution in [3.05, 3.63) is 59.7 Å². The van der Waals surface area contributed by atoms with E-state index in [0.29, 0.717) is 6.42 Å². The molecular weight excluding hydrogens is 348 g/mol. The van der Waals surface area contributed by atoms with Gasteiger partial charge in [-0.1, -0.05) is 36.0 Å². The van der Waals surface area contributed by atoms with Gasteiger partial charge in [-0.05, 0) is 47.6 Å². The van der Waals surface area contributed by atoms with E-state index in [1.54, 1.807) is 20.5 Å². The van der Waals surface area contributed by atoms with Crippen molar-refractivity contribution >= 4 is 22.7 Å². The van der Waals surface area contributed by atoms with Gasteiger partial charge >= 0.3 is 0 Å². The maximum atomic E-state index is 12.7. The first-order valence-electron chi connectivity index (χ1n) is 8.47. The molecule has 0 bridgehead atoms.